The number of benzene rings is 1. The van der Waals surface area contributed by atoms with Crippen LogP contribution in [0.25, 0.3) is 15.9 Å². The molecule has 3 rings (SSSR count). The van der Waals surface area contributed by atoms with Gasteiger partial charge in [0.05, 0.1) is 23.7 Å². The Bertz CT molecular complexity index is 872. The summed E-state index contributed by atoms with van der Waals surface area (Å²) in [4.78, 5) is 17.5. The van der Waals surface area contributed by atoms with Gasteiger partial charge in [-0.25, -0.2) is 4.98 Å². The highest BCUT2D eigenvalue weighted by Crippen LogP contribution is 2.27. The maximum Gasteiger partial charge on any atom is 0.276 e. The number of methoxy groups -OCH3 is 1. The number of alkyl halides is 1. The summed E-state index contributed by atoms with van der Waals surface area (Å²) in [5.74, 6) is 1.25. The fourth-order valence-corrected chi connectivity index (χ4v) is 3.23. The molecule has 1 aromatic carbocycles. The zero-order valence-electron chi connectivity index (χ0n) is 12.2. The molecule has 1 unspecified atom stereocenters. The van der Waals surface area contributed by atoms with E-state index in [0.717, 1.165) is 0 Å². The number of ether oxygens (including phenoxy) is 1. The van der Waals surface area contributed by atoms with Crippen molar-refractivity contribution in [1.29, 1.82) is 0 Å². The monoisotopic (exact) mass is 334 g/mol. The first-order valence-electron chi connectivity index (χ1n) is 6.94. The van der Waals surface area contributed by atoms with Crippen LogP contribution >= 0.6 is 22.9 Å². The lowest BCUT2D eigenvalue weighted by molar-refractivity contribution is 0.414. The van der Waals surface area contributed by atoms with Crippen molar-refractivity contribution in [2.24, 2.45) is 0 Å². The summed E-state index contributed by atoms with van der Waals surface area (Å²) < 4.78 is 7.47. The number of aromatic nitrogens is 2. The van der Waals surface area contributed by atoms with E-state index in [9.17, 15) is 4.79 Å². The molecule has 0 aliphatic carbocycles. The van der Waals surface area contributed by atoms with Crippen molar-refractivity contribution in [1.82, 2.24) is 9.55 Å². The van der Waals surface area contributed by atoms with Crippen LogP contribution in [0.2, 0.25) is 0 Å². The minimum Gasteiger partial charge on any atom is -0.497 e. The number of nitrogens with zero attached hydrogens (tertiary/aromatic N) is 2. The highest BCUT2D eigenvalue weighted by Gasteiger charge is 2.19. The van der Waals surface area contributed by atoms with E-state index in [2.05, 4.69) is 4.98 Å². The third kappa shape index (κ3) is 2.51. The van der Waals surface area contributed by atoms with Crippen LogP contribution < -0.4 is 10.3 Å². The fourth-order valence-electron chi connectivity index (χ4n) is 2.32. The maximum atomic E-state index is 12.9. The van der Waals surface area contributed by atoms with Gasteiger partial charge in [-0.1, -0.05) is 13.0 Å². The summed E-state index contributed by atoms with van der Waals surface area (Å²) >= 11 is 7.80. The molecule has 0 radical (unpaired) electrons. The standard InChI is InChI=1S/C16H15ClN2O2S/c1-3-12(17)15-18-13-7-8-22-14(13)16(20)19(15)10-5-4-6-11(9-10)21-2/h4-9,12H,3H2,1-2H3. The lowest BCUT2D eigenvalue weighted by Gasteiger charge is -2.16. The van der Waals surface area contributed by atoms with Gasteiger partial charge in [0, 0.05) is 6.07 Å². The van der Waals surface area contributed by atoms with E-state index in [0.29, 0.717) is 33.9 Å². The van der Waals surface area contributed by atoms with Crippen LogP contribution in [-0.4, -0.2) is 16.7 Å². The van der Waals surface area contributed by atoms with Gasteiger partial charge in [0.15, 0.2) is 0 Å². The molecular weight excluding hydrogens is 320 g/mol. The van der Waals surface area contributed by atoms with Crippen LogP contribution in [0.15, 0.2) is 40.5 Å². The molecule has 0 aliphatic rings. The Morgan fingerprint density at radius 1 is 1.41 bits per heavy atom. The van der Waals surface area contributed by atoms with E-state index in [-0.39, 0.29) is 10.9 Å². The minimum absolute atomic E-state index is 0.0950. The molecular formula is C16H15ClN2O2S. The van der Waals surface area contributed by atoms with Gasteiger partial charge in [-0.15, -0.1) is 22.9 Å². The summed E-state index contributed by atoms with van der Waals surface area (Å²) in [5, 5.41) is 1.54. The molecule has 22 heavy (non-hydrogen) atoms. The Morgan fingerprint density at radius 3 is 2.95 bits per heavy atom. The molecule has 0 bridgehead atoms. The highest BCUT2D eigenvalue weighted by atomic mass is 35.5. The van der Waals surface area contributed by atoms with Gasteiger partial charge in [-0.05, 0) is 30.0 Å². The van der Waals surface area contributed by atoms with E-state index < -0.39 is 0 Å². The van der Waals surface area contributed by atoms with Crippen molar-refractivity contribution in [3.05, 3.63) is 51.9 Å². The first kappa shape index (κ1) is 15.1. The van der Waals surface area contributed by atoms with Gasteiger partial charge in [0.2, 0.25) is 0 Å². The van der Waals surface area contributed by atoms with E-state index in [1.165, 1.54) is 11.3 Å². The van der Waals surface area contributed by atoms with Crippen molar-refractivity contribution in [3.8, 4) is 11.4 Å². The smallest absolute Gasteiger partial charge is 0.276 e. The number of halogens is 1. The van der Waals surface area contributed by atoms with Crippen LogP contribution in [0.1, 0.15) is 24.5 Å². The van der Waals surface area contributed by atoms with Gasteiger partial charge < -0.3 is 4.74 Å². The molecule has 0 fully saturated rings. The summed E-state index contributed by atoms with van der Waals surface area (Å²) in [7, 11) is 1.60. The molecule has 3 aromatic rings. The largest absolute Gasteiger partial charge is 0.497 e. The average molecular weight is 335 g/mol. The third-order valence-corrected chi connectivity index (χ3v) is 4.85. The average Bonchev–Trinajstić information content (AvgIpc) is 3.03. The summed E-state index contributed by atoms with van der Waals surface area (Å²) in [5.41, 5.74) is 1.31. The first-order valence-corrected chi connectivity index (χ1v) is 8.26. The highest BCUT2D eigenvalue weighted by molar-refractivity contribution is 7.17. The molecule has 0 spiro atoms. The number of hydrogen-bond donors (Lipinski definition) is 0. The maximum absolute atomic E-state index is 12.9. The molecule has 1 atom stereocenters. The molecule has 0 aliphatic heterocycles. The van der Waals surface area contributed by atoms with Crippen molar-refractivity contribution >= 4 is 33.2 Å². The van der Waals surface area contributed by atoms with E-state index in [4.69, 9.17) is 16.3 Å². The molecule has 6 heteroatoms. The third-order valence-electron chi connectivity index (χ3n) is 3.46. The molecule has 2 heterocycles. The Morgan fingerprint density at radius 2 is 2.23 bits per heavy atom. The van der Waals surface area contributed by atoms with Crippen molar-refractivity contribution < 1.29 is 4.74 Å². The number of rotatable bonds is 4. The number of thiophene rings is 1. The number of hydrogen-bond acceptors (Lipinski definition) is 4. The predicted molar refractivity (Wildman–Crippen MR) is 90.7 cm³/mol. The first-order chi connectivity index (χ1) is 10.7. The Balaban J connectivity index is 2.34. The molecule has 0 saturated carbocycles. The Labute approximate surface area is 136 Å². The van der Waals surface area contributed by atoms with Gasteiger partial charge in [-0.3, -0.25) is 9.36 Å². The van der Waals surface area contributed by atoms with Crippen LogP contribution in [0.3, 0.4) is 0 Å². The van der Waals surface area contributed by atoms with Crippen molar-refractivity contribution in [2.45, 2.75) is 18.7 Å². The zero-order valence-corrected chi connectivity index (χ0v) is 13.8. The second kappa shape index (κ2) is 6.10. The van der Waals surface area contributed by atoms with E-state index in [1.54, 1.807) is 11.7 Å². The second-order valence-electron chi connectivity index (χ2n) is 4.82. The van der Waals surface area contributed by atoms with Crippen LogP contribution in [0, 0.1) is 0 Å². The summed E-state index contributed by atoms with van der Waals surface area (Å²) in [6.07, 6.45) is 0.688. The van der Waals surface area contributed by atoms with Gasteiger partial charge in [0.1, 0.15) is 16.3 Å². The quantitative estimate of drug-likeness (QED) is 0.673. The zero-order chi connectivity index (χ0) is 15.7. The predicted octanol–water partition coefficient (Wildman–Crippen LogP) is 4.15. The van der Waals surface area contributed by atoms with Gasteiger partial charge in [0.25, 0.3) is 5.56 Å². The van der Waals surface area contributed by atoms with Crippen LogP contribution in [-0.2, 0) is 0 Å². The molecule has 0 N–H and O–H groups in total. The van der Waals surface area contributed by atoms with Crippen molar-refractivity contribution in [3.63, 3.8) is 0 Å². The summed E-state index contributed by atoms with van der Waals surface area (Å²) in [6.45, 7) is 1.97. The second-order valence-corrected chi connectivity index (χ2v) is 6.27. The van der Waals surface area contributed by atoms with Gasteiger partial charge in [-0.2, -0.15) is 0 Å². The minimum atomic E-state index is -0.330. The van der Waals surface area contributed by atoms with E-state index >= 15 is 0 Å². The lowest BCUT2D eigenvalue weighted by atomic mass is 10.2. The molecule has 2 aromatic heterocycles. The van der Waals surface area contributed by atoms with Crippen LogP contribution in [0.5, 0.6) is 5.75 Å². The molecule has 4 nitrogen and oxygen atoms in total. The lowest BCUT2D eigenvalue weighted by Crippen LogP contribution is -2.23. The Hall–Kier alpha value is -1.85. The topological polar surface area (TPSA) is 44.1 Å². The molecule has 0 amide bonds. The van der Waals surface area contributed by atoms with Crippen LogP contribution in [0.4, 0.5) is 0 Å². The summed E-state index contributed by atoms with van der Waals surface area (Å²) in [6, 6.07) is 9.20. The van der Waals surface area contributed by atoms with E-state index in [1.807, 2.05) is 42.6 Å². The molecule has 0 saturated heterocycles. The van der Waals surface area contributed by atoms with Crippen molar-refractivity contribution in [2.75, 3.05) is 7.11 Å². The number of fused-ring (bicyclic) bond motifs is 1. The fraction of sp³-hybridized carbons (Fsp3) is 0.250. The molecule has 114 valence electrons. The normalized spacial score (nSPS) is 12.5. The SMILES string of the molecule is CCC(Cl)c1nc2ccsc2c(=O)n1-c1cccc(OC)c1. The Kier molecular flexibility index (Phi) is 4.18. The van der Waals surface area contributed by atoms with Gasteiger partial charge >= 0.3 is 0 Å².